The van der Waals surface area contributed by atoms with E-state index in [0.29, 0.717) is 12.5 Å². The first-order chi connectivity index (χ1) is 8.42. The van der Waals surface area contributed by atoms with Crippen molar-refractivity contribution in [3.8, 4) is 0 Å². The Morgan fingerprint density at radius 3 is 2.56 bits per heavy atom. The van der Waals surface area contributed by atoms with Gasteiger partial charge in [0, 0.05) is 25.0 Å². The molecule has 0 aromatic heterocycles. The minimum atomic E-state index is -0.805. The number of amides is 1. The number of aliphatic carboxylic acids is 1. The van der Waals surface area contributed by atoms with Crippen LogP contribution in [0.1, 0.15) is 33.6 Å². The summed E-state index contributed by atoms with van der Waals surface area (Å²) < 4.78 is 0. The summed E-state index contributed by atoms with van der Waals surface area (Å²) in [7, 11) is 0. The van der Waals surface area contributed by atoms with Crippen LogP contribution in [0.15, 0.2) is 0 Å². The van der Waals surface area contributed by atoms with E-state index in [1.165, 1.54) is 0 Å². The lowest BCUT2D eigenvalue weighted by atomic mass is 9.92. The normalized spacial score (nSPS) is 25.1. The Bertz CT molecular complexity index is 305. The fourth-order valence-electron chi connectivity index (χ4n) is 2.39. The summed E-state index contributed by atoms with van der Waals surface area (Å²) in [6, 6.07) is 0.0814. The molecule has 2 atom stereocenters. The Morgan fingerprint density at radius 1 is 1.39 bits per heavy atom. The standard InChI is InChI=1S/C13H24N2O3/c1-4-10-5-11(14-13(18)9(2)3)7-15(6-10)8-12(16)17/h9-11H,4-8H2,1-3H3,(H,14,18)(H,16,17). The lowest BCUT2D eigenvalue weighted by molar-refractivity contribution is -0.138. The van der Waals surface area contributed by atoms with E-state index in [1.807, 2.05) is 18.7 Å². The molecule has 0 saturated carbocycles. The van der Waals surface area contributed by atoms with E-state index >= 15 is 0 Å². The van der Waals surface area contributed by atoms with E-state index in [4.69, 9.17) is 5.11 Å². The molecule has 1 fully saturated rings. The molecule has 0 bridgehead atoms. The van der Waals surface area contributed by atoms with Crippen molar-refractivity contribution in [3.63, 3.8) is 0 Å². The highest BCUT2D eigenvalue weighted by Gasteiger charge is 2.28. The average molecular weight is 256 g/mol. The van der Waals surface area contributed by atoms with E-state index in [1.54, 1.807) is 0 Å². The van der Waals surface area contributed by atoms with Crippen LogP contribution in [0.2, 0.25) is 0 Å². The van der Waals surface area contributed by atoms with Gasteiger partial charge in [-0.3, -0.25) is 14.5 Å². The lowest BCUT2D eigenvalue weighted by Crippen LogP contribution is -2.52. The quantitative estimate of drug-likeness (QED) is 0.768. The zero-order valence-corrected chi connectivity index (χ0v) is 11.5. The molecular weight excluding hydrogens is 232 g/mol. The number of rotatable bonds is 5. The number of nitrogens with one attached hydrogen (secondary N) is 1. The topological polar surface area (TPSA) is 69.6 Å². The van der Waals surface area contributed by atoms with Gasteiger partial charge in [0.15, 0.2) is 0 Å². The predicted molar refractivity (Wildman–Crippen MR) is 69.2 cm³/mol. The van der Waals surface area contributed by atoms with Crippen molar-refractivity contribution in [1.82, 2.24) is 10.2 Å². The van der Waals surface area contributed by atoms with Crippen molar-refractivity contribution in [1.29, 1.82) is 0 Å². The molecule has 0 aliphatic carbocycles. The highest BCUT2D eigenvalue weighted by Crippen LogP contribution is 2.19. The van der Waals surface area contributed by atoms with Crippen molar-refractivity contribution in [3.05, 3.63) is 0 Å². The summed E-state index contributed by atoms with van der Waals surface area (Å²) in [4.78, 5) is 24.4. The Labute approximate surface area is 109 Å². The summed E-state index contributed by atoms with van der Waals surface area (Å²) in [6.07, 6.45) is 1.97. The van der Waals surface area contributed by atoms with E-state index in [2.05, 4.69) is 12.2 Å². The molecule has 0 radical (unpaired) electrons. The highest BCUT2D eigenvalue weighted by atomic mass is 16.4. The van der Waals surface area contributed by atoms with E-state index in [-0.39, 0.29) is 24.4 Å². The fraction of sp³-hybridized carbons (Fsp3) is 0.846. The Morgan fingerprint density at radius 2 is 2.06 bits per heavy atom. The molecule has 18 heavy (non-hydrogen) atoms. The number of carboxylic acid groups (broad SMARTS) is 1. The lowest BCUT2D eigenvalue weighted by Gasteiger charge is -2.37. The van der Waals surface area contributed by atoms with Crippen molar-refractivity contribution in [2.45, 2.75) is 39.7 Å². The smallest absolute Gasteiger partial charge is 0.317 e. The van der Waals surface area contributed by atoms with Crippen LogP contribution in [0.3, 0.4) is 0 Å². The van der Waals surface area contributed by atoms with Gasteiger partial charge < -0.3 is 10.4 Å². The number of nitrogens with zero attached hydrogens (tertiary/aromatic N) is 1. The first kappa shape index (κ1) is 15.0. The van der Waals surface area contributed by atoms with Crippen LogP contribution in [0.4, 0.5) is 0 Å². The molecular formula is C13H24N2O3. The summed E-state index contributed by atoms with van der Waals surface area (Å²) in [5.74, 6) is -0.316. The number of carboxylic acids is 1. The van der Waals surface area contributed by atoms with E-state index < -0.39 is 5.97 Å². The number of hydrogen-bond acceptors (Lipinski definition) is 3. The molecule has 1 aliphatic heterocycles. The highest BCUT2D eigenvalue weighted by molar-refractivity contribution is 5.78. The predicted octanol–water partition coefficient (Wildman–Crippen LogP) is 0.944. The molecule has 1 aliphatic rings. The van der Waals surface area contributed by atoms with Crippen molar-refractivity contribution in [2.75, 3.05) is 19.6 Å². The van der Waals surface area contributed by atoms with Crippen molar-refractivity contribution in [2.24, 2.45) is 11.8 Å². The number of likely N-dealkylation sites (tertiary alicyclic amines) is 1. The SMILES string of the molecule is CCC1CC(NC(=O)C(C)C)CN(CC(=O)O)C1. The third kappa shape index (κ3) is 4.64. The minimum absolute atomic E-state index is 0.0278. The van der Waals surface area contributed by atoms with Gasteiger partial charge in [0.05, 0.1) is 6.54 Å². The van der Waals surface area contributed by atoms with Crippen LogP contribution in [-0.2, 0) is 9.59 Å². The maximum Gasteiger partial charge on any atom is 0.317 e. The number of carbonyl (C=O) groups is 2. The maximum atomic E-state index is 11.7. The average Bonchev–Trinajstić information content (AvgIpc) is 2.27. The van der Waals surface area contributed by atoms with Gasteiger partial charge in [0.25, 0.3) is 0 Å². The zero-order valence-electron chi connectivity index (χ0n) is 11.5. The molecule has 2 N–H and O–H groups in total. The van der Waals surface area contributed by atoms with E-state index in [9.17, 15) is 9.59 Å². The van der Waals surface area contributed by atoms with Gasteiger partial charge >= 0.3 is 5.97 Å². The third-order valence-corrected chi connectivity index (χ3v) is 3.42. The van der Waals surface area contributed by atoms with Gasteiger partial charge in [-0.15, -0.1) is 0 Å². The number of hydrogen-bond donors (Lipinski definition) is 2. The van der Waals surface area contributed by atoms with Crippen LogP contribution in [0.5, 0.6) is 0 Å². The molecule has 1 rings (SSSR count). The molecule has 2 unspecified atom stereocenters. The zero-order chi connectivity index (χ0) is 13.7. The van der Waals surface area contributed by atoms with Gasteiger partial charge in [0.2, 0.25) is 5.91 Å². The molecule has 1 amide bonds. The summed E-state index contributed by atoms with van der Waals surface area (Å²) in [5.41, 5.74) is 0. The van der Waals surface area contributed by atoms with Gasteiger partial charge in [-0.1, -0.05) is 27.2 Å². The van der Waals surface area contributed by atoms with Crippen LogP contribution < -0.4 is 5.32 Å². The third-order valence-electron chi connectivity index (χ3n) is 3.42. The monoisotopic (exact) mass is 256 g/mol. The molecule has 0 aromatic rings. The molecule has 104 valence electrons. The maximum absolute atomic E-state index is 11.7. The second kappa shape index (κ2) is 6.73. The Hall–Kier alpha value is -1.10. The van der Waals surface area contributed by atoms with Gasteiger partial charge in [0.1, 0.15) is 0 Å². The molecule has 1 heterocycles. The van der Waals surface area contributed by atoms with Gasteiger partial charge in [-0.2, -0.15) is 0 Å². The number of carbonyl (C=O) groups excluding carboxylic acids is 1. The summed E-state index contributed by atoms with van der Waals surface area (Å²) in [6.45, 7) is 7.36. The minimum Gasteiger partial charge on any atom is -0.480 e. The van der Waals surface area contributed by atoms with E-state index in [0.717, 1.165) is 19.4 Å². The van der Waals surface area contributed by atoms with Gasteiger partial charge in [-0.25, -0.2) is 0 Å². The number of piperidine rings is 1. The van der Waals surface area contributed by atoms with Crippen molar-refractivity contribution < 1.29 is 14.7 Å². The molecule has 0 spiro atoms. The fourth-order valence-corrected chi connectivity index (χ4v) is 2.39. The first-order valence-electron chi connectivity index (χ1n) is 6.66. The van der Waals surface area contributed by atoms with Crippen LogP contribution in [0, 0.1) is 11.8 Å². The van der Waals surface area contributed by atoms with Gasteiger partial charge in [-0.05, 0) is 12.3 Å². The molecule has 5 heteroatoms. The summed E-state index contributed by atoms with van der Waals surface area (Å²) >= 11 is 0. The summed E-state index contributed by atoms with van der Waals surface area (Å²) in [5, 5.41) is 11.9. The molecule has 5 nitrogen and oxygen atoms in total. The largest absolute Gasteiger partial charge is 0.480 e. The van der Waals surface area contributed by atoms with Crippen LogP contribution in [-0.4, -0.2) is 47.6 Å². The first-order valence-corrected chi connectivity index (χ1v) is 6.66. The Balaban J connectivity index is 2.56. The Kier molecular flexibility index (Phi) is 5.59. The molecule has 0 aromatic carbocycles. The second-order valence-corrected chi connectivity index (χ2v) is 5.46. The van der Waals surface area contributed by atoms with Crippen molar-refractivity contribution >= 4 is 11.9 Å². The molecule has 1 saturated heterocycles. The second-order valence-electron chi connectivity index (χ2n) is 5.46. The van der Waals surface area contributed by atoms with Crippen LogP contribution >= 0.6 is 0 Å². The van der Waals surface area contributed by atoms with Crippen LogP contribution in [0.25, 0.3) is 0 Å².